The van der Waals surface area contributed by atoms with Gasteiger partial charge >= 0.3 is 0 Å². The largest absolute Gasteiger partial charge is 0.378 e. The number of nitrogens with one attached hydrogen (secondary N) is 1. The number of hydrogen-bond donors (Lipinski definition) is 1. The van der Waals surface area contributed by atoms with Gasteiger partial charge in [0.1, 0.15) is 0 Å². The summed E-state index contributed by atoms with van der Waals surface area (Å²) < 4.78 is 0. The fourth-order valence-corrected chi connectivity index (χ4v) is 2.89. The molecule has 6 heteroatoms. The van der Waals surface area contributed by atoms with E-state index >= 15 is 0 Å². The maximum atomic E-state index is 12.3. The molecule has 0 radical (unpaired) electrons. The van der Waals surface area contributed by atoms with Crippen molar-refractivity contribution in [3.05, 3.63) is 42.1 Å². The Balaban J connectivity index is 1.62. The second kappa shape index (κ2) is 7.51. The highest BCUT2D eigenvalue weighted by Crippen LogP contribution is 2.21. The van der Waals surface area contributed by atoms with Crippen LogP contribution in [0.15, 0.2) is 36.4 Å². The topological polar surface area (TPSA) is 61.4 Å². The highest BCUT2D eigenvalue weighted by atomic mass is 16.1. The lowest BCUT2D eigenvalue weighted by Crippen LogP contribution is -2.33. The SMILES string of the molecule is CC1CCN(c2ccc(C(=O)Nc3ccc(N(C)C)cc3)nn2)CC1. The Morgan fingerprint density at radius 3 is 2.32 bits per heavy atom. The smallest absolute Gasteiger partial charge is 0.276 e. The van der Waals surface area contributed by atoms with Crippen molar-refractivity contribution in [3.63, 3.8) is 0 Å². The number of piperidine rings is 1. The van der Waals surface area contributed by atoms with Crippen molar-refractivity contribution in [3.8, 4) is 0 Å². The van der Waals surface area contributed by atoms with Gasteiger partial charge in [0.2, 0.25) is 0 Å². The zero-order chi connectivity index (χ0) is 17.8. The van der Waals surface area contributed by atoms with Crippen LogP contribution in [-0.2, 0) is 0 Å². The van der Waals surface area contributed by atoms with Crippen molar-refractivity contribution in [2.45, 2.75) is 19.8 Å². The molecule has 132 valence electrons. The van der Waals surface area contributed by atoms with Crippen LogP contribution in [-0.4, -0.2) is 43.3 Å². The van der Waals surface area contributed by atoms with Crippen LogP contribution in [0.25, 0.3) is 0 Å². The van der Waals surface area contributed by atoms with E-state index in [1.165, 1.54) is 12.8 Å². The number of aromatic nitrogens is 2. The van der Waals surface area contributed by atoms with E-state index in [0.717, 1.165) is 36.2 Å². The molecule has 0 spiro atoms. The molecule has 1 aromatic carbocycles. The Morgan fingerprint density at radius 1 is 1.08 bits per heavy atom. The first-order valence-corrected chi connectivity index (χ1v) is 8.70. The Bertz CT molecular complexity index is 704. The number of rotatable bonds is 4. The van der Waals surface area contributed by atoms with Gasteiger partial charge in [-0.3, -0.25) is 4.79 Å². The summed E-state index contributed by atoms with van der Waals surface area (Å²) in [5, 5.41) is 11.2. The number of hydrogen-bond acceptors (Lipinski definition) is 5. The van der Waals surface area contributed by atoms with E-state index in [1.54, 1.807) is 6.07 Å². The van der Waals surface area contributed by atoms with Crippen LogP contribution in [0.1, 0.15) is 30.3 Å². The maximum Gasteiger partial charge on any atom is 0.276 e. The second-order valence-corrected chi connectivity index (χ2v) is 6.84. The molecule has 6 nitrogen and oxygen atoms in total. The van der Waals surface area contributed by atoms with Crippen molar-refractivity contribution in [2.75, 3.05) is 42.3 Å². The summed E-state index contributed by atoms with van der Waals surface area (Å²) in [5.74, 6) is 1.37. The van der Waals surface area contributed by atoms with Crippen LogP contribution in [0.2, 0.25) is 0 Å². The van der Waals surface area contributed by atoms with Gasteiger partial charge in [-0.1, -0.05) is 6.92 Å². The van der Waals surface area contributed by atoms with Gasteiger partial charge < -0.3 is 15.1 Å². The molecule has 1 saturated heterocycles. The van der Waals surface area contributed by atoms with E-state index in [2.05, 4.69) is 27.3 Å². The van der Waals surface area contributed by atoms with E-state index in [-0.39, 0.29) is 5.91 Å². The first-order valence-electron chi connectivity index (χ1n) is 8.70. The lowest BCUT2D eigenvalue weighted by atomic mass is 9.99. The van der Waals surface area contributed by atoms with Crippen LogP contribution >= 0.6 is 0 Å². The maximum absolute atomic E-state index is 12.3. The lowest BCUT2D eigenvalue weighted by molar-refractivity contribution is 0.102. The fourth-order valence-electron chi connectivity index (χ4n) is 2.89. The molecule has 0 bridgehead atoms. The molecule has 1 aliphatic rings. The summed E-state index contributed by atoms with van der Waals surface area (Å²) in [6.45, 7) is 4.28. The minimum Gasteiger partial charge on any atom is -0.378 e. The van der Waals surface area contributed by atoms with Crippen LogP contribution in [0.3, 0.4) is 0 Å². The molecule has 2 aromatic rings. The third-order valence-corrected chi connectivity index (χ3v) is 4.63. The number of anilines is 3. The molecule has 1 aromatic heterocycles. The number of amides is 1. The molecule has 1 aliphatic heterocycles. The van der Waals surface area contributed by atoms with Gasteiger partial charge in [0.05, 0.1) is 0 Å². The summed E-state index contributed by atoms with van der Waals surface area (Å²) in [5.41, 5.74) is 2.15. The van der Waals surface area contributed by atoms with Gasteiger partial charge in [-0.15, -0.1) is 10.2 Å². The van der Waals surface area contributed by atoms with Crippen LogP contribution < -0.4 is 15.1 Å². The van der Waals surface area contributed by atoms with E-state index in [0.29, 0.717) is 5.69 Å². The molecule has 0 saturated carbocycles. The fraction of sp³-hybridized carbons (Fsp3) is 0.421. The molecule has 1 fully saturated rings. The molecule has 25 heavy (non-hydrogen) atoms. The van der Waals surface area contributed by atoms with Crippen molar-refractivity contribution in [2.24, 2.45) is 5.92 Å². The van der Waals surface area contributed by atoms with Gasteiger partial charge in [0.15, 0.2) is 11.5 Å². The van der Waals surface area contributed by atoms with Crippen molar-refractivity contribution in [1.29, 1.82) is 0 Å². The first-order chi connectivity index (χ1) is 12.0. The van der Waals surface area contributed by atoms with E-state index < -0.39 is 0 Å². The Kier molecular flexibility index (Phi) is 5.16. The van der Waals surface area contributed by atoms with E-state index in [4.69, 9.17) is 0 Å². The number of nitrogens with zero attached hydrogens (tertiary/aromatic N) is 4. The zero-order valence-electron chi connectivity index (χ0n) is 15.1. The standard InChI is InChI=1S/C19H25N5O/c1-14-10-12-24(13-11-14)18-9-8-17(21-22-18)19(25)20-15-4-6-16(7-5-15)23(2)3/h4-9,14H,10-13H2,1-3H3,(H,20,25). The van der Waals surface area contributed by atoms with Crippen LogP contribution in [0, 0.1) is 5.92 Å². The number of carbonyl (C=O) groups excluding carboxylic acids is 1. The molecule has 0 atom stereocenters. The second-order valence-electron chi connectivity index (χ2n) is 6.84. The van der Waals surface area contributed by atoms with E-state index in [9.17, 15) is 4.79 Å². The molecule has 1 N–H and O–H groups in total. The number of carbonyl (C=O) groups is 1. The minimum atomic E-state index is -0.246. The average molecular weight is 339 g/mol. The monoisotopic (exact) mass is 339 g/mol. The Hall–Kier alpha value is -2.63. The van der Waals surface area contributed by atoms with Gasteiger partial charge in [-0.25, -0.2) is 0 Å². The summed E-state index contributed by atoms with van der Waals surface area (Å²) in [7, 11) is 3.96. The third-order valence-electron chi connectivity index (χ3n) is 4.63. The van der Waals surface area contributed by atoms with Crippen molar-refractivity contribution >= 4 is 23.1 Å². The van der Waals surface area contributed by atoms with Crippen molar-refractivity contribution < 1.29 is 4.79 Å². The van der Waals surface area contributed by atoms with E-state index in [1.807, 2.05) is 49.3 Å². The van der Waals surface area contributed by atoms with Crippen LogP contribution in [0.4, 0.5) is 17.2 Å². The molecule has 0 aliphatic carbocycles. The Labute approximate surface area is 148 Å². The predicted octanol–water partition coefficient (Wildman–Crippen LogP) is 3.03. The van der Waals surface area contributed by atoms with Gasteiger partial charge in [-0.05, 0) is 55.2 Å². The summed E-state index contributed by atoms with van der Waals surface area (Å²) in [6, 6.07) is 11.3. The lowest BCUT2D eigenvalue weighted by Gasteiger charge is -2.30. The molecular formula is C19H25N5O. The quantitative estimate of drug-likeness (QED) is 0.928. The molecule has 0 unspecified atom stereocenters. The van der Waals surface area contributed by atoms with Crippen molar-refractivity contribution in [1.82, 2.24) is 10.2 Å². The van der Waals surface area contributed by atoms with Gasteiger partial charge in [0.25, 0.3) is 5.91 Å². The van der Waals surface area contributed by atoms with Gasteiger partial charge in [0, 0.05) is 38.6 Å². The molecule has 3 rings (SSSR count). The molecular weight excluding hydrogens is 314 g/mol. The summed E-state index contributed by atoms with van der Waals surface area (Å²) >= 11 is 0. The molecule has 1 amide bonds. The Morgan fingerprint density at radius 2 is 1.76 bits per heavy atom. The van der Waals surface area contributed by atoms with Crippen LogP contribution in [0.5, 0.6) is 0 Å². The third kappa shape index (κ3) is 4.26. The highest BCUT2D eigenvalue weighted by Gasteiger charge is 2.18. The average Bonchev–Trinajstić information content (AvgIpc) is 2.63. The summed E-state index contributed by atoms with van der Waals surface area (Å²) in [6.07, 6.45) is 2.35. The van der Waals surface area contributed by atoms with Gasteiger partial charge in [-0.2, -0.15) is 0 Å². The number of benzene rings is 1. The highest BCUT2D eigenvalue weighted by molar-refractivity contribution is 6.02. The molecule has 2 heterocycles. The first kappa shape index (κ1) is 17.2. The minimum absolute atomic E-state index is 0.246. The normalized spacial score (nSPS) is 15.1. The summed E-state index contributed by atoms with van der Waals surface area (Å²) in [4.78, 5) is 16.6. The zero-order valence-corrected chi connectivity index (χ0v) is 15.1. The predicted molar refractivity (Wildman–Crippen MR) is 101 cm³/mol.